The van der Waals surface area contributed by atoms with Gasteiger partial charge in [0.1, 0.15) is 0 Å². The summed E-state index contributed by atoms with van der Waals surface area (Å²) in [5.74, 6) is 0.235. The van der Waals surface area contributed by atoms with Crippen molar-refractivity contribution in [3.8, 4) is 0 Å². The first-order valence-electron chi connectivity index (χ1n) is 7.09. The van der Waals surface area contributed by atoms with Crippen LogP contribution in [0, 0.1) is 0 Å². The molecule has 1 aliphatic heterocycles. The van der Waals surface area contributed by atoms with Crippen LogP contribution in [-0.2, 0) is 4.79 Å². The largest absolute Gasteiger partial charge is 0.362 e. The molecule has 4 heteroatoms. The van der Waals surface area contributed by atoms with Gasteiger partial charge in [0.05, 0.1) is 6.54 Å². The van der Waals surface area contributed by atoms with Gasteiger partial charge in [0.2, 0.25) is 5.91 Å². The number of amides is 1. The minimum Gasteiger partial charge on any atom is -0.362 e. The highest BCUT2D eigenvalue weighted by atomic mass is 16.2. The predicted octanol–water partition coefficient (Wildman–Crippen LogP) is 1.46. The highest BCUT2D eigenvalue weighted by molar-refractivity contribution is 5.81. The van der Waals surface area contributed by atoms with Crippen molar-refractivity contribution < 1.29 is 4.79 Å². The Labute approximate surface area is 115 Å². The molecular weight excluding hydrogens is 238 g/mol. The van der Waals surface area contributed by atoms with E-state index in [0.29, 0.717) is 13.1 Å². The maximum absolute atomic E-state index is 12.2. The van der Waals surface area contributed by atoms with E-state index in [4.69, 9.17) is 5.73 Å². The highest BCUT2D eigenvalue weighted by Crippen LogP contribution is 2.15. The minimum absolute atomic E-state index is 0.235. The molecule has 1 aromatic rings. The number of hydrogen-bond acceptors (Lipinski definition) is 3. The van der Waals surface area contributed by atoms with Gasteiger partial charge >= 0.3 is 0 Å². The Kier molecular flexibility index (Phi) is 5.21. The molecule has 0 aromatic heterocycles. The first kappa shape index (κ1) is 13.9. The molecule has 1 fully saturated rings. The maximum atomic E-state index is 12.2. The summed E-state index contributed by atoms with van der Waals surface area (Å²) >= 11 is 0. The molecular formula is C15H23N3O. The number of hydrogen-bond donors (Lipinski definition) is 1. The van der Waals surface area contributed by atoms with Gasteiger partial charge in [-0.3, -0.25) is 4.79 Å². The average Bonchev–Trinajstić information content (AvgIpc) is 2.98. The van der Waals surface area contributed by atoms with Crippen LogP contribution in [0.5, 0.6) is 0 Å². The van der Waals surface area contributed by atoms with Crippen LogP contribution in [-0.4, -0.2) is 43.5 Å². The van der Waals surface area contributed by atoms with Gasteiger partial charge in [-0.25, -0.2) is 0 Å². The first-order chi connectivity index (χ1) is 9.31. The van der Waals surface area contributed by atoms with E-state index < -0.39 is 0 Å². The van der Waals surface area contributed by atoms with Gasteiger partial charge in [0.15, 0.2) is 0 Å². The zero-order valence-corrected chi connectivity index (χ0v) is 11.4. The lowest BCUT2D eigenvalue weighted by Crippen LogP contribution is -2.39. The van der Waals surface area contributed by atoms with Crippen LogP contribution in [0.15, 0.2) is 30.3 Å². The van der Waals surface area contributed by atoms with Gasteiger partial charge in [0, 0.05) is 25.3 Å². The van der Waals surface area contributed by atoms with E-state index in [1.807, 2.05) is 35.2 Å². The fraction of sp³-hybridized carbons (Fsp3) is 0.533. The smallest absolute Gasteiger partial charge is 0.242 e. The molecule has 1 aliphatic rings. The van der Waals surface area contributed by atoms with Crippen LogP contribution >= 0.6 is 0 Å². The highest BCUT2D eigenvalue weighted by Gasteiger charge is 2.20. The van der Waals surface area contributed by atoms with Crippen molar-refractivity contribution >= 4 is 11.6 Å². The monoisotopic (exact) mass is 261 g/mol. The third-order valence-electron chi connectivity index (χ3n) is 3.54. The molecule has 0 unspecified atom stereocenters. The second kappa shape index (κ2) is 7.14. The van der Waals surface area contributed by atoms with Gasteiger partial charge in [-0.2, -0.15) is 0 Å². The molecule has 0 spiro atoms. The summed E-state index contributed by atoms with van der Waals surface area (Å²) in [7, 11) is 0. The van der Waals surface area contributed by atoms with Crippen molar-refractivity contribution in [1.82, 2.24) is 4.90 Å². The zero-order valence-electron chi connectivity index (χ0n) is 11.4. The van der Waals surface area contributed by atoms with Gasteiger partial charge in [-0.15, -0.1) is 0 Å². The molecule has 1 aromatic carbocycles. The first-order valence-corrected chi connectivity index (χ1v) is 7.09. The minimum atomic E-state index is 0.235. The van der Waals surface area contributed by atoms with Gasteiger partial charge in [-0.1, -0.05) is 18.2 Å². The SMILES string of the molecule is NCCCN(CC(=O)N1CCCC1)c1ccccc1. The predicted molar refractivity (Wildman–Crippen MR) is 78.1 cm³/mol. The number of carbonyl (C=O) groups excluding carboxylic acids is 1. The molecule has 0 radical (unpaired) electrons. The summed E-state index contributed by atoms with van der Waals surface area (Å²) in [6, 6.07) is 10.1. The zero-order chi connectivity index (χ0) is 13.5. The van der Waals surface area contributed by atoms with E-state index in [-0.39, 0.29) is 5.91 Å². The number of anilines is 1. The van der Waals surface area contributed by atoms with E-state index in [1.54, 1.807) is 0 Å². The summed E-state index contributed by atoms with van der Waals surface area (Å²) in [6.45, 7) is 3.78. The molecule has 1 heterocycles. The third-order valence-corrected chi connectivity index (χ3v) is 3.54. The van der Waals surface area contributed by atoms with Crippen molar-refractivity contribution in [3.63, 3.8) is 0 Å². The van der Waals surface area contributed by atoms with Crippen molar-refractivity contribution in [3.05, 3.63) is 30.3 Å². The summed E-state index contributed by atoms with van der Waals surface area (Å²) in [6.07, 6.45) is 3.18. The summed E-state index contributed by atoms with van der Waals surface area (Å²) in [4.78, 5) is 16.3. The Bertz CT molecular complexity index is 388. The Morgan fingerprint density at radius 2 is 1.89 bits per heavy atom. The molecule has 1 amide bonds. The normalized spacial score (nSPS) is 14.7. The maximum Gasteiger partial charge on any atom is 0.242 e. The van der Waals surface area contributed by atoms with Gasteiger partial charge in [0.25, 0.3) is 0 Å². The number of rotatable bonds is 6. The molecule has 0 aliphatic carbocycles. The van der Waals surface area contributed by atoms with Gasteiger partial charge < -0.3 is 15.5 Å². The summed E-state index contributed by atoms with van der Waals surface area (Å²) in [5, 5.41) is 0. The molecule has 104 valence electrons. The number of para-hydroxylation sites is 1. The number of carbonyl (C=O) groups is 1. The van der Waals surface area contributed by atoms with Crippen molar-refractivity contribution in [2.75, 3.05) is 37.6 Å². The molecule has 2 rings (SSSR count). The van der Waals surface area contributed by atoms with E-state index >= 15 is 0 Å². The topological polar surface area (TPSA) is 49.6 Å². The Morgan fingerprint density at radius 3 is 2.53 bits per heavy atom. The molecule has 19 heavy (non-hydrogen) atoms. The van der Waals surface area contributed by atoms with E-state index in [0.717, 1.165) is 44.6 Å². The van der Waals surface area contributed by atoms with Gasteiger partial charge in [-0.05, 0) is 37.9 Å². The van der Waals surface area contributed by atoms with E-state index in [9.17, 15) is 4.79 Å². The van der Waals surface area contributed by atoms with Crippen LogP contribution in [0.2, 0.25) is 0 Å². The molecule has 4 nitrogen and oxygen atoms in total. The standard InChI is InChI=1S/C15H23N3O/c16-9-6-12-18(14-7-2-1-3-8-14)13-15(19)17-10-4-5-11-17/h1-3,7-8H,4-6,9-13,16H2. The number of likely N-dealkylation sites (tertiary alicyclic amines) is 1. The number of nitrogens with two attached hydrogens (primary N) is 1. The Balaban J connectivity index is 1.99. The van der Waals surface area contributed by atoms with Crippen molar-refractivity contribution in [1.29, 1.82) is 0 Å². The second-order valence-corrected chi connectivity index (χ2v) is 4.99. The molecule has 2 N–H and O–H groups in total. The van der Waals surface area contributed by atoms with Crippen LogP contribution in [0.4, 0.5) is 5.69 Å². The molecule has 0 bridgehead atoms. The number of nitrogens with zero attached hydrogens (tertiary/aromatic N) is 2. The lowest BCUT2D eigenvalue weighted by Gasteiger charge is -2.26. The fourth-order valence-corrected chi connectivity index (χ4v) is 2.45. The number of benzene rings is 1. The third kappa shape index (κ3) is 3.96. The molecule has 0 saturated carbocycles. The van der Waals surface area contributed by atoms with Crippen LogP contribution in [0.3, 0.4) is 0 Å². The fourth-order valence-electron chi connectivity index (χ4n) is 2.45. The Morgan fingerprint density at radius 1 is 1.21 bits per heavy atom. The lowest BCUT2D eigenvalue weighted by atomic mass is 10.2. The quantitative estimate of drug-likeness (QED) is 0.843. The second-order valence-electron chi connectivity index (χ2n) is 4.99. The Hall–Kier alpha value is -1.55. The molecule has 1 saturated heterocycles. The molecule has 0 atom stereocenters. The van der Waals surface area contributed by atoms with Crippen molar-refractivity contribution in [2.45, 2.75) is 19.3 Å². The van der Waals surface area contributed by atoms with E-state index in [2.05, 4.69) is 4.90 Å². The van der Waals surface area contributed by atoms with Crippen molar-refractivity contribution in [2.24, 2.45) is 5.73 Å². The summed E-state index contributed by atoms with van der Waals surface area (Å²) < 4.78 is 0. The lowest BCUT2D eigenvalue weighted by molar-refractivity contribution is -0.128. The summed E-state index contributed by atoms with van der Waals surface area (Å²) in [5.41, 5.74) is 6.69. The average molecular weight is 261 g/mol. The van der Waals surface area contributed by atoms with Crippen LogP contribution in [0.25, 0.3) is 0 Å². The van der Waals surface area contributed by atoms with Crippen LogP contribution < -0.4 is 10.6 Å². The van der Waals surface area contributed by atoms with E-state index in [1.165, 1.54) is 0 Å². The van der Waals surface area contributed by atoms with Crippen LogP contribution in [0.1, 0.15) is 19.3 Å².